The third-order valence-corrected chi connectivity index (χ3v) is 13.8. The molecule has 5 aliphatic rings. The number of ether oxygens (including phenoxy) is 1. The first-order valence-electron chi connectivity index (χ1n) is 17.3. The minimum absolute atomic E-state index is 0.00902. The molecule has 0 spiro atoms. The van der Waals surface area contributed by atoms with Crippen molar-refractivity contribution in [1.82, 2.24) is 0 Å². The first kappa shape index (κ1) is 34.9. The summed E-state index contributed by atoms with van der Waals surface area (Å²) >= 11 is 0. The average molecular weight is 651 g/mol. The van der Waals surface area contributed by atoms with Crippen molar-refractivity contribution in [2.75, 3.05) is 0 Å². The lowest BCUT2D eigenvalue weighted by Gasteiger charge is -2.66. The van der Waals surface area contributed by atoms with Crippen LogP contribution >= 0.6 is 0 Å². The molecule has 9 heteroatoms. The Morgan fingerprint density at radius 2 is 1.64 bits per heavy atom. The van der Waals surface area contributed by atoms with Gasteiger partial charge in [-0.3, -0.25) is 4.55 Å². The van der Waals surface area contributed by atoms with Crippen LogP contribution in [0.15, 0.2) is 18.2 Å². The molecule has 8 atom stereocenters. The summed E-state index contributed by atoms with van der Waals surface area (Å²) in [6.45, 7) is 15.6. The summed E-state index contributed by atoms with van der Waals surface area (Å²) in [7, 11) is -4.69. The quantitative estimate of drug-likeness (QED) is 0.161. The molecule has 6 rings (SSSR count). The lowest BCUT2D eigenvalue weighted by molar-refractivity contribution is -0.230. The second kappa shape index (κ2) is 11.6. The molecule has 1 heterocycles. The number of aliphatic hydroxyl groups is 2. The minimum atomic E-state index is -4.69. The van der Waals surface area contributed by atoms with Crippen molar-refractivity contribution in [1.29, 1.82) is 0 Å². The van der Waals surface area contributed by atoms with Crippen LogP contribution in [0.25, 0.3) is 0 Å². The zero-order chi connectivity index (χ0) is 33.3. The molecule has 0 amide bonds. The van der Waals surface area contributed by atoms with E-state index in [9.17, 15) is 23.7 Å². The van der Waals surface area contributed by atoms with Crippen molar-refractivity contribution in [3.63, 3.8) is 0 Å². The first-order valence-corrected chi connectivity index (χ1v) is 18.6. The van der Waals surface area contributed by atoms with E-state index in [0.29, 0.717) is 30.7 Å². The van der Waals surface area contributed by atoms with E-state index in [-0.39, 0.29) is 51.3 Å². The molecule has 0 radical (unpaired) electrons. The molecular weight excluding hydrogens is 592 g/mol. The Hall–Kier alpha value is -1.39. The fraction of sp³-hybridized carbons (Fsp3) is 0.833. The van der Waals surface area contributed by atoms with Crippen molar-refractivity contribution < 1.29 is 37.2 Å². The largest absolute Gasteiger partial charge is 0.508 e. The number of phenols is 1. The molecular formula is C36H58O8S. The van der Waals surface area contributed by atoms with Crippen molar-refractivity contribution in [3.8, 4) is 11.5 Å². The summed E-state index contributed by atoms with van der Waals surface area (Å²) in [5.41, 5.74) is -1.92. The highest BCUT2D eigenvalue weighted by atomic mass is 32.3. The summed E-state index contributed by atoms with van der Waals surface area (Å²) < 4.78 is 43.0. The van der Waals surface area contributed by atoms with E-state index in [0.717, 1.165) is 64.2 Å². The Labute approximate surface area is 271 Å². The van der Waals surface area contributed by atoms with Gasteiger partial charge in [0, 0.05) is 5.41 Å². The van der Waals surface area contributed by atoms with Crippen LogP contribution in [0.4, 0.5) is 0 Å². The lowest BCUT2D eigenvalue weighted by atomic mass is 9.40. The molecule has 0 aromatic heterocycles. The third kappa shape index (κ3) is 6.42. The highest BCUT2D eigenvalue weighted by Crippen LogP contribution is 2.67. The topological polar surface area (TPSA) is 134 Å². The van der Waals surface area contributed by atoms with Crippen LogP contribution in [-0.2, 0) is 21.6 Å². The summed E-state index contributed by atoms with van der Waals surface area (Å²) in [6.07, 6.45) is 11.5. The van der Waals surface area contributed by atoms with Gasteiger partial charge in [0.25, 0.3) is 0 Å². The maximum absolute atomic E-state index is 12.4. The Kier molecular flexibility index (Phi) is 9.04. The van der Waals surface area contributed by atoms with Gasteiger partial charge in [-0.1, -0.05) is 47.5 Å². The number of hydrogen-bond acceptors (Lipinski definition) is 7. The van der Waals surface area contributed by atoms with Crippen molar-refractivity contribution in [2.24, 2.45) is 34.0 Å². The van der Waals surface area contributed by atoms with Crippen LogP contribution in [0, 0.1) is 34.0 Å². The zero-order valence-corrected chi connectivity index (χ0v) is 29.4. The number of aromatic hydroxyl groups is 1. The second-order valence-corrected chi connectivity index (χ2v) is 18.2. The van der Waals surface area contributed by atoms with Crippen molar-refractivity contribution >= 4 is 10.4 Å². The van der Waals surface area contributed by atoms with E-state index < -0.39 is 21.6 Å². The number of rotatable bonds is 9. The van der Waals surface area contributed by atoms with E-state index in [1.807, 2.05) is 0 Å². The van der Waals surface area contributed by atoms with Gasteiger partial charge in [0.1, 0.15) is 11.5 Å². The van der Waals surface area contributed by atoms with E-state index >= 15 is 0 Å². The molecule has 4 aliphatic carbocycles. The molecule has 5 fully saturated rings. The summed E-state index contributed by atoms with van der Waals surface area (Å²) in [6, 6.07) is 4.10. The van der Waals surface area contributed by atoms with E-state index in [2.05, 4.69) is 52.6 Å². The Morgan fingerprint density at radius 3 is 2.31 bits per heavy atom. The molecule has 4 saturated carbocycles. The predicted octanol–water partition coefficient (Wildman–Crippen LogP) is 7.39. The van der Waals surface area contributed by atoms with Crippen molar-refractivity contribution in [3.05, 3.63) is 23.8 Å². The molecule has 45 heavy (non-hydrogen) atoms. The number of fused-ring (bicyclic) bond motifs is 4. The van der Waals surface area contributed by atoms with Gasteiger partial charge in [0.15, 0.2) is 0 Å². The SMILES string of the molecule is C[C@H]1CC[C@@H]2OC(C)(C)CCC[C@@]2(C)[C@]1(O)CCCC[C@]1(C)C[C@@]2(O)CC[C@@H]1C(C)(C)[C@@H]2Cc1cc(OS(=O)(=O)O)ccc1O. The van der Waals surface area contributed by atoms with Gasteiger partial charge in [0.05, 0.1) is 22.9 Å². The van der Waals surface area contributed by atoms with Gasteiger partial charge in [-0.25, -0.2) is 0 Å². The van der Waals surface area contributed by atoms with Crippen LogP contribution < -0.4 is 4.18 Å². The van der Waals surface area contributed by atoms with Crippen molar-refractivity contribution in [2.45, 2.75) is 155 Å². The molecule has 1 saturated heterocycles. The zero-order valence-electron chi connectivity index (χ0n) is 28.6. The van der Waals surface area contributed by atoms with Crippen LogP contribution in [0.3, 0.4) is 0 Å². The first-order chi connectivity index (χ1) is 20.6. The van der Waals surface area contributed by atoms with E-state index in [4.69, 9.17) is 9.29 Å². The summed E-state index contributed by atoms with van der Waals surface area (Å²) in [5, 5.41) is 35.3. The maximum atomic E-state index is 12.4. The Bertz CT molecular complexity index is 1350. The predicted molar refractivity (Wildman–Crippen MR) is 174 cm³/mol. The highest BCUT2D eigenvalue weighted by molar-refractivity contribution is 7.81. The van der Waals surface area contributed by atoms with Gasteiger partial charge in [0.2, 0.25) is 0 Å². The molecule has 8 nitrogen and oxygen atoms in total. The summed E-state index contributed by atoms with van der Waals surface area (Å²) in [4.78, 5) is 0. The van der Waals surface area contributed by atoms with Gasteiger partial charge in [-0.2, -0.15) is 8.42 Å². The molecule has 256 valence electrons. The van der Waals surface area contributed by atoms with E-state index in [1.54, 1.807) is 0 Å². The Balaban J connectivity index is 1.28. The smallest absolute Gasteiger partial charge is 0.446 e. The molecule has 1 aromatic carbocycles. The molecule has 1 aliphatic heterocycles. The number of benzene rings is 1. The Morgan fingerprint density at radius 1 is 0.956 bits per heavy atom. The van der Waals surface area contributed by atoms with Crippen LogP contribution in [0.1, 0.15) is 131 Å². The van der Waals surface area contributed by atoms with E-state index in [1.165, 1.54) is 18.2 Å². The summed E-state index contributed by atoms with van der Waals surface area (Å²) in [5.74, 6) is 0.371. The van der Waals surface area contributed by atoms with Gasteiger partial charge in [-0.15, -0.1) is 0 Å². The number of phenolic OH excluding ortho intramolecular Hbond substituents is 1. The monoisotopic (exact) mass is 650 g/mol. The second-order valence-electron chi connectivity index (χ2n) is 17.2. The van der Waals surface area contributed by atoms with Gasteiger partial charge in [-0.05, 0) is 137 Å². The standard InChI is InChI=1S/C36H58O8S/c1-24-11-14-30-34(7,18-10-16-31(2,3)43-30)36(24,39)19-9-8-17-33(6)23-35(38)20-15-28(33)32(4,5)29(35)22-25-21-26(12-13-27(25)37)44-45(40,41)42/h12-13,21,24,28-30,37-39H,8-11,14-20,22-23H2,1-7H3,(H,40,41,42)/t24-,28+,29-,30-,33+,34+,35-,36-/m0/s1. The van der Waals surface area contributed by atoms with Crippen LogP contribution in [0.5, 0.6) is 11.5 Å². The third-order valence-electron chi connectivity index (χ3n) is 13.4. The average Bonchev–Trinajstić information content (AvgIpc) is 3.02. The molecule has 4 N–H and O–H groups in total. The normalized spacial score (nSPS) is 40.8. The highest BCUT2D eigenvalue weighted by Gasteiger charge is 2.64. The molecule has 0 unspecified atom stereocenters. The van der Waals surface area contributed by atoms with Gasteiger partial charge >= 0.3 is 10.4 Å². The minimum Gasteiger partial charge on any atom is -0.508 e. The lowest BCUT2D eigenvalue weighted by Crippen LogP contribution is -2.64. The molecule has 1 aromatic rings. The fourth-order valence-corrected chi connectivity index (χ4v) is 11.5. The molecule has 2 bridgehead atoms. The van der Waals surface area contributed by atoms with Gasteiger partial charge < -0.3 is 24.2 Å². The number of unbranched alkanes of at least 4 members (excludes halogenated alkanes) is 1. The number of hydrogen-bond donors (Lipinski definition) is 4. The van der Waals surface area contributed by atoms with Crippen LogP contribution in [-0.4, -0.2) is 51.2 Å². The fourth-order valence-electron chi connectivity index (χ4n) is 11.1. The maximum Gasteiger partial charge on any atom is 0.446 e. The van der Waals surface area contributed by atoms with Crippen LogP contribution in [0.2, 0.25) is 0 Å².